The number of allylic oxidation sites excluding steroid dienone is 2. The van der Waals surface area contributed by atoms with Gasteiger partial charge < -0.3 is 16.0 Å². The number of amides is 1. The van der Waals surface area contributed by atoms with Crippen LogP contribution in [0.4, 0.5) is 11.4 Å². The van der Waals surface area contributed by atoms with Gasteiger partial charge in [-0.05, 0) is 61.7 Å². The second-order valence-corrected chi connectivity index (χ2v) is 6.41. The number of nitrogen functional groups attached to an aromatic ring is 1. The third kappa shape index (κ3) is 3.26. The van der Waals surface area contributed by atoms with Gasteiger partial charge in [0.2, 0.25) is 5.91 Å². The lowest BCUT2D eigenvalue weighted by Gasteiger charge is -2.17. The van der Waals surface area contributed by atoms with Gasteiger partial charge in [-0.25, -0.2) is 4.98 Å². The first-order valence-corrected chi connectivity index (χ1v) is 8.50. The molecule has 0 saturated carbocycles. The number of aromatic amines is 1. The number of hydrogen-bond acceptors (Lipinski definition) is 3. The molecule has 0 aliphatic heterocycles. The molecule has 1 aromatic heterocycles. The minimum Gasteiger partial charge on any atom is -0.399 e. The van der Waals surface area contributed by atoms with Crippen LogP contribution in [0.25, 0.3) is 22.4 Å². The minimum absolute atomic E-state index is 0.0745. The van der Waals surface area contributed by atoms with Crippen molar-refractivity contribution in [3.05, 3.63) is 54.6 Å². The first-order valence-electron chi connectivity index (χ1n) is 8.50. The van der Waals surface area contributed by atoms with Crippen molar-refractivity contribution >= 4 is 28.3 Å². The van der Waals surface area contributed by atoms with Crippen molar-refractivity contribution in [2.45, 2.75) is 19.3 Å². The smallest absolute Gasteiger partial charge is 0.227 e. The van der Waals surface area contributed by atoms with Crippen LogP contribution in [0.5, 0.6) is 0 Å². The molecule has 4 N–H and O–H groups in total. The van der Waals surface area contributed by atoms with Gasteiger partial charge >= 0.3 is 0 Å². The predicted octanol–water partition coefficient (Wildman–Crippen LogP) is 4.11. The number of imidazole rings is 1. The molecule has 1 aliphatic rings. The van der Waals surface area contributed by atoms with Crippen LogP contribution in [-0.4, -0.2) is 15.9 Å². The highest BCUT2D eigenvalue weighted by Crippen LogP contribution is 2.24. The summed E-state index contributed by atoms with van der Waals surface area (Å²) in [4.78, 5) is 20.2. The van der Waals surface area contributed by atoms with E-state index in [2.05, 4.69) is 27.4 Å². The predicted molar refractivity (Wildman–Crippen MR) is 101 cm³/mol. The van der Waals surface area contributed by atoms with Crippen molar-refractivity contribution in [2.24, 2.45) is 5.92 Å². The van der Waals surface area contributed by atoms with Gasteiger partial charge in [-0.15, -0.1) is 0 Å². The van der Waals surface area contributed by atoms with Gasteiger partial charge in [-0.3, -0.25) is 4.79 Å². The van der Waals surface area contributed by atoms with E-state index < -0.39 is 0 Å². The molecule has 1 unspecified atom stereocenters. The molecule has 0 saturated heterocycles. The Hall–Kier alpha value is -3.08. The van der Waals surface area contributed by atoms with Crippen LogP contribution in [-0.2, 0) is 4.79 Å². The molecule has 0 bridgehead atoms. The molecule has 4 rings (SSSR count). The third-order valence-electron chi connectivity index (χ3n) is 4.57. The minimum atomic E-state index is 0.0745. The van der Waals surface area contributed by atoms with Crippen LogP contribution in [0.3, 0.4) is 0 Å². The number of aromatic nitrogens is 2. The standard InChI is InChI=1S/C20H20N4O/c21-15-8-11-17-18(12-15)24-19(23-17)13-6-9-16(10-7-13)22-20(25)14-4-2-1-3-5-14/h1-2,6-12,14H,3-5,21H2,(H,22,25)(H,23,24). The van der Waals surface area contributed by atoms with Gasteiger partial charge in [0.25, 0.3) is 0 Å². The second kappa shape index (κ2) is 6.43. The van der Waals surface area contributed by atoms with Crippen LogP contribution < -0.4 is 11.1 Å². The molecular formula is C20H20N4O. The number of nitrogens with two attached hydrogens (primary N) is 1. The first kappa shape index (κ1) is 15.4. The van der Waals surface area contributed by atoms with Gasteiger partial charge in [0.05, 0.1) is 11.0 Å². The highest BCUT2D eigenvalue weighted by molar-refractivity contribution is 5.93. The molecule has 25 heavy (non-hydrogen) atoms. The van der Waals surface area contributed by atoms with Gasteiger partial charge in [0.15, 0.2) is 0 Å². The molecule has 1 amide bonds. The lowest BCUT2D eigenvalue weighted by Crippen LogP contribution is -2.23. The molecule has 3 aromatic rings. The summed E-state index contributed by atoms with van der Waals surface area (Å²) >= 11 is 0. The van der Waals surface area contributed by atoms with Gasteiger partial charge in [-0.2, -0.15) is 0 Å². The van der Waals surface area contributed by atoms with E-state index in [-0.39, 0.29) is 11.8 Å². The highest BCUT2D eigenvalue weighted by atomic mass is 16.1. The second-order valence-electron chi connectivity index (χ2n) is 6.41. The van der Waals surface area contributed by atoms with Crippen molar-refractivity contribution < 1.29 is 4.79 Å². The summed E-state index contributed by atoms with van der Waals surface area (Å²) in [6.45, 7) is 0. The van der Waals surface area contributed by atoms with Crippen molar-refractivity contribution in [2.75, 3.05) is 11.1 Å². The summed E-state index contributed by atoms with van der Waals surface area (Å²) in [5.41, 5.74) is 10.1. The average molecular weight is 332 g/mol. The first-order chi connectivity index (χ1) is 12.2. The highest BCUT2D eigenvalue weighted by Gasteiger charge is 2.18. The van der Waals surface area contributed by atoms with Gasteiger partial charge in [0, 0.05) is 22.9 Å². The van der Waals surface area contributed by atoms with Gasteiger partial charge in [-0.1, -0.05) is 12.2 Å². The molecule has 5 nitrogen and oxygen atoms in total. The van der Waals surface area contributed by atoms with E-state index in [0.717, 1.165) is 47.4 Å². The Kier molecular flexibility index (Phi) is 3.98. The maximum Gasteiger partial charge on any atom is 0.227 e. The normalized spacial score (nSPS) is 16.9. The average Bonchev–Trinajstić information content (AvgIpc) is 3.06. The topological polar surface area (TPSA) is 83.8 Å². The molecule has 0 radical (unpaired) electrons. The molecule has 0 fully saturated rings. The number of anilines is 2. The maximum absolute atomic E-state index is 12.3. The molecule has 126 valence electrons. The Morgan fingerprint density at radius 3 is 2.76 bits per heavy atom. The van der Waals surface area contributed by atoms with E-state index in [1.165, 1.54) is 0 Å². The molecular weight excluding hydrogens is 312 g/mol. The van der Waals surface area contributed by atoms with Crippen molar-refractivity contribution in [1.29, 1.82) is 0 Å². The molecule has 1 heterocycles. The monoisotopic (exact) mass is 332 g/mol. The summed E-state index contributed by atoms with van der Waals surface area (Å²) in [7, 11) is 0. The number of benzene rings is 2. The quantitative estimate of drug-likeness (QED) is 0.498. The summed E-state index contributed by atoms with van der Waals surface area (Å²) < 4.78 is 0. The molecule has 2 aromatic carbocycles. The fourth-order valence-electron chi connectivity index (χ4n) is 3.15. The number of fused-ring (bicyclic) bond motifs is 1. The Bertz CT molecular complexity index is 940. The molecule has 1 aliphatic carbocycles. The largest absolute Gasteiger partial charge is 0.399 e. The van der Waals surface area contributed by atoms with E-state index in [4.69, 9.17) is 5.73 Å². The molecule has 0 spiro atoms. The Morgan fingerprint density at radius 2 is 2.00 bits per heavy atom. The zero-order chi connectivity index (χ0) is 17.2. The number of nitrogens with zero attached hydrogens (tertiary/aromatic N) is 1. The van der Waals surface area contributed by atoms with E-state index in [1.807, 2.05) is 42.5 Å². The zero-order valence-corrected chi connectivity index (χ0v) is 13.8. The molecule has 1 atom stereocenters. The third-order valence-corrected chi connectivity index (χ3v) is 4.57. The zero-order valence-electron chi connectivity index (χ0n) is 13.8. The number of carbonyl (C=O) groups is 1. The van der Waals surface area contributed by atoms with Crippen LogP contribution in [0.2, 0.25) is 0 Å². The lowest BCUT2D eigenvalue weighted by atomic mass is 9.93. The van der Waals surface area contributed by atoms with Crippen molar-refractivity contribution in [3.8, 4) is 11.4 Å². The van der Waals surface area contributed by atoms with Crippen LogP contribution in [0, 0.1) is 5.92 Å². The van der Waals surface area contributed by atoms with Gasteiger partial charge in [0.1, 0.15) is 5.82 Å². The van der Waals surface area contributed by atoms with Crippen LogP contribution in [0.1, 0.15) is 19.3 Å². The fraction of sp³-hybridized carbons (Fsp3) is 0.200. The Labute approximate surface area is 146 Å². The number of rotatable bonds is 3. The number of nitrogens with one attached hydrogen (secondary N) is 2. The van der Waals surface area contributed by atoms with E-state index >= 15 is 0 Å². The Morgan fingerprint density at radius 1 is 1.16 bits per heavy atom. The summed E-state index contributed by atoms with van der Waals surface area (Å²) in [6.07, 6.45) is 6.95. The number of carbonyl (C=O) groups excluding carboxylic acids is 1. The van der Waals surface area contributed by atoms with Crippen molar-refractivity contribution in [1.82, 2.24) is 9.97 Å². The Balaban J connectivity index is 1.50. The SMILES string of the molecule is Nc1ccc2nc(-c3ccc(NC(=O)C4CC=CCC4)cc3)[nH]c2c1. The molecule has 5 heteroatoms. The maximum atomic E-state index is 12.3. The summed E-state index contributed by atoms with van der Waals surface area (Å²) in [6, 6.07) is 13.3. The lowest BCUT2D eigenvalue weighted by molar-refractivity contribution is -0.120. The summed E-state index contributed by atoms with van der Waals surface area (Å²) in [5.74, 6) is 0.956. The van der Waals surface area contributed by atoms with E-state index in [0.29, 0.717) is 5.69 Å². The number of H-pyrrole nitrogens is 1. The number of hydrogen-bond donors (Lipinski definition) is 3. The van der Waals surface area contributed by atoms with E-state index in [9.17, 15) is 4.79 Å². The van der Waals surface area contributed by atoms with E-state index in [1.54, 1.807) is 0 Å². The van der Waals surface area contributed by atoms with Crippen LogP contribution >= 0.6 is 0 Å². The fourth-order valence-corrected chi connectivity index (χ4v) is 3.15. The van der Waals surface area contributed by atoms with Crippen molar-refractivity contribution in [3.63, 3.8) is 0 Å². The van der Waals surface area contributed by atoms with Crippen LogP contribution in [0.15, 0.2) is 54.6 Å². The summed E-state index contributed by atoms with van der Waals surface area (Å²) in [5, 5.41) is 3.00.